The molecule has 2 heterocycles. The van der Waals surface area contributed by atoms with Crippen molar-refractivity contribution < 1.29 is 17.8 Å². The topological polar surface area (TPSA) is 141 Å². The Morgan fingerprint density at radius 3 is 2.16 bits per heavy atom. The summed E-state index contributed by atoms with van der Waals surface area (Å²) in [6.45, 7) is 1.89. The summed E-state index contributed by atoms with van der Waals surface area (Å²) in [5, 5.41) is 0. The van der Waals surface area contributed by atoms with Crippen LogP contribution in [0.4, 0.5) is 17.8 Å². The van der Waals surface area contributed by atoms with E-state index in [9.17, 15) is 13.2 Å². The minimum atomic E-state index is -3.70. The molecule has 0 spiro atoms. The molecule has 1 aliphatic heterocycles. The number of aryl methyl sites for hydroxylation is 1. The highest BCUT2D eigenvalue weighted by Crippen LogP contribution is 2.18. The Labute approximate surface area is 187 Å². The molecule has 172 valence electrons. The highest BCUT2D eigenvalue weighted by atomic mass is 32.2. The Balaban J connectivity index is 1.78. The van der Waals surface area contributed by atoms with E-state index in [1.807, 2.05) is 6.92 Å². The second kappa shape index (κ2) is 9.04. The molecule has 12 nitrogen and oxygen atoms in total. The first-order valence-electron chi connectivity index (χ1n) is 9.87. The van der Waals surface area contributed by atoms with Gasteiger partial charge in [0, 0.05) is 34.7 Å². The van der Waals surface area contributed by atoms with E-state index in [0.717, 1.165) is 5.56 Å². The van der Waals surface area contributed by atoms with Crippen molar-refractivity contribution in [3.05, 3.63) is 29.8 Å². The normalized spacial score (nSPS) is 14.3. The van der Waals surface area contributed by atoms with Gasteiger partial charge in [0.2, 0.25) is 10.0 Å². The van der Waals surface area contributed by atoms with Gasteiger partial charge in [0.05, 0.1) is 11.4 Å². The van der Waals surface area contributed by atoms with Crippen molar-refractivity contribution in [3.8, 4) is 0 Å². The molecule has 2 aromatic rings. The van der Waals surface area contributed by atoms with E-state index in [-0.39, 0.29) is 42.3 Å². The molecule has 3 N–H and O–H groups in total. The number of carbonyl (C=O) groups is 1. The van der Waals surface area contributed by atoms with E-state index in [1.54, 1.807) is 50.1 Å². The Morgan fingerprint density at radius 1 is 1.06 bits per heavy atom. The lowest BCUT2D eigenvalue weighted by atomic mass is 10.2. The molecule has 1 aromatic heterocycles. The van der Waals surface area contributed by atoms with Gasteiger partial charge in [-0.05, 0) is 19.1 Å². The zero-order valence-corrected chi connectivity index (χ0v) is 19.6. The zero-order valence-electron chi connectivity index (χ0n) is 18.8. The van der Waals surface area contributed by atoms with Gasteiger partial charge in [-0.3, -0.25) is 4.79 Å². The summed E-state index contributed by atoms with van der Waals surface area (Å²) in [7, 11) is 3.50. The number of amides is 1. The smallest absolute Gasteiger partial charge is 0.338 e. The predicted octanol–water partition coefficient (Wildman–Crippen LogP) is -0.909. The van der Waals surface area contributed by atoms with Crippen LogP contribution in [0.25, 0.3) is 0 Å². The summed E-state index contributed by atoms with van der Waals surface area (Å²) < 4.78 is 28.9. The van der Waals surface area contributed by atoms with Crippen molar-refractivity contribution in [1.82, 2.24) is 24.6 Å². The molecular weight excluding hydrogens is 434 g/mol. The third-order valence-electron chi connectivity index (χ3n) is 4.75. The number of hydrogen-bond donors (Lipinski definition) is 2. The quantitative estimate of drug-likeness (QED) is 0.477. The molecule has 0 saturated heterocycles. The third kappa shape index (κ3) is 4.94. The van der Waals surface area contributed by atoms with Crippen LogP contribution in [0.5, 0.6) is 0 Å². The molecule has 1 amide bonds. The van der Waals surface area contributed by atoms with Crippen molar-refractivity contribution in [2.45, 2.75) is 11.8 Å². The molecule has 0 fully saturated rings. The molecule has 0 radical (unpaired) electrons. The van der Waals surface area contributed by atoms with Gasteiger partial charge in [-0.25, -0.2) is 22.6 Å². The Kier molecular flexibility index (Phi) is 6.60. The number of nitrogens with zero attached hydrogens (tertiary/aromatic N) is 7. The molecule has 1 aliphatic rings. The number of rotatable bonds is 8. The summed E-state index contributed by atoms with van der Waals surface area (Å²) in [6.07, 6.45) is 0. The SMILES string of the molecule is Cc1ccc(S(=O)(=O)NCCN2C(=O)C[N+](c3nc(N(C)C)nc(N(C)C)n3)=C2N)cc1. The molecule has 0 unspecified atom stereocenters. The Bertz CT molecular complexity index is 1120. The minimum Gasteiger partial charge on any atom is -0.338 e. The van der Waals surface area contributed by atoms with Crippen molar-refractivity contribution in [2.24, 2.45) is 5.73 Å². The molecule has 13 heteroatoms. The number of hydrogen-bond acceptors (Lipinski definition) is 9. The summed E-state index contributed by atoms with van der Waals surface area (Å²) in [5.74, 6) is 0.924. The maximum absolute atomic E-state index is 12.6. The van der Waals surface area contributed by atoms with Gasteiger partial charge in [-0.2, -0.15) is 4.98 Å². The highest BCUT2D eigenvalue weighted by molar-refractivity contribution is 7.89. The van der Waals surface area contributed by atoms with Crippen LogP contribution in [-0.2, 0) is 14.8 Å². The first kappa shape index (κ1) is 23.3. The van der Waals surface area contributed by atoms with Crippen LogP contribution < -0.4 is 20.3 Å². The van der Waals surface area contributed by atoms with Crippen LogP contribution in [0.2, 0.25) is 0 Å². The standard InChI is InChI=1S/C19H27N9O3S/c1-13-6-8-14(9-7-13)32(30,31)21-10-11-27-15(29)12-28(16(27)20)19-23-17(25(2)3)22-18(24-19)26(4)5/h6-9,20-21H,10-12H2,1-5H3/p+1. The molecule has 32 heavy (non-hydrogen) atoms. The summed E-state index contributed by atoms with van der Waals surface area (Å²) >= 11 is 0. The van der Waals surface area contributed by atoms with Gasteiger partial charge >= 0.3 is 5.95 Å². The maximum atomic E-state index is 12.6. The first-order valence-corrected chi connectivity index (χ1v) is 11.4. The third-order valence-corrected chi connectivity index (χ3v) is 6.22. The average molecular weight is 463 g/mol. The number of sulfonamides is 1. The lowest BCUT2D eigenvalue weighted by Crippen LogP contribution is -2.43. The largest absolute Gasteiger partial charge is 0.363 e. The number of nitrogens with one attached hydrogen (secondary N) is 1. The highest BCUT2D eigenvalue weighted by Gasteiger charge is 2.36. The van der Waals surface area contributed by atoms with Crippen molar-refractivity contribution in [1.29, 1.82) is 0 Å². The lowest BCUT2D eigenvalue weighted by Gasteiger charge is -2.14. The summed E-state index contributed by atoms with van der Waals surface area (Å²) in [4.78, 5) is 30.7. The summed E-state index contributed by atoms with van der Waals surface area (Å²) in [6, 6.07) is 6.51. The molecule has 0 saturated carbocycles. The minimum absolute atomic E-state index is 0.000409. The van der Waals surface area contributed by atoms with Gasteiger partial charge in [0.25, 0.3) is 23.8 Å². The first-order chi connectivity index (χ1) is 15.0. The van der Waals surface area contributed by atoms with Gasteiger partial charge in [0.1, 0.15) is 6.54 Å². The average Bonchev–Trinajstić information content (AvgIpc) is 3.02. The fourth-order valence-corrected chi connectivity index (χ4v) is 3.97. The number of carbonyl (C=O) groups excluding carboxylic acids is 1. The van der Waals surface area contributed by atoms with Crippen molar-refractivity contribution in [2.75, 3.05) is 57.6 Å². The van der Waals surface area contributed by atoms with Crippen LogP contribution in [0.1, 0.15) is 5.56 Å². The van der Waals surface area contributed by atoms with Crippen LogP contribution in [0.3, 0.4) is 0 Å². The van der Waals surface area contributed by atoms with E-state index in [4.69, 9.17) is 5.73 Å². The second-order valence-corrected chi connectivity index (χ2v) is 9.49. The molecule has 0 aliphatic carbocycles. The number of guanidine groups is 1. The lowest BCUT2D eigenvalue weighted by molar-refractivity contribution is -0.432. The number of benzene rings is 1. The molecule has 0 bridgehead atoms. The van der Waals surface area contributed by atoms with Crippen LogP contribution in [0.15, 0.2) is 29.2 Å². The Hall–Kier alpha value is -3.32. The van der Waals surface area contributed by atoms with Crippen LogP contribution >= 0.6 is 0 Å². The second-order valence-electron chi connectivity index (χ2n) is 7.72. The predicted molar refractivity (Wildman–Crippen MR) is 121 cm³/mol. The van der Waals surface area contributed by atoms with Crippen molar-refractivity contribution >= 4 is 39.7 Å². The van der Waals surface area contributed by atoms with Crippen LogP contribution in [-0.4, -0.2) is 92.5 Å². The number of nitrogens with two attached hydrogens (primary N) is 1. The van der Waals surface area contributed by atoms with Gasteiger partial charge < -0.3 is 15.5 Å². The number of aromatic nitrogens is 3. The zero-order chi connectivity index (χ0) is 23.6. The monoisotopic (exact) mass is 462 g/mol. The Morgan fingerprint density at radius 2 is 1.62 bits per heavy atom. The fraction of sp³-hybridized carbons (Fsp3) is 0.421. The van der Waals surface area contributed by atoms with Crippen LogP contribution in [0, 0.1) is 6.92 Å². The fourth-order valence-electron chi connectivity index (χ4n) is 2.94. The van der Waals surface area contributed by atoms with E-state index < -0.39 is 10.0 Å². The molecule has 0 atom stereocenters. The van der Waals surface area contributed by atoms with E-state index >= 15 is 0 Å². The maximum Gasteiger partial charge on any atom is 0.363 e. The summed E-state index contributed by atoms with van der Waals surface area (Å²) in [5.41, 5.74) is 7.18. The van der Waals surface area contributed by atoms with E-state index in [0.29, 0.717) is 11.9 Å². The van der Waals surface area contributed by atoms with Crippen molar-refractivity contribution in [3.63, 3.8) is 0 Å². The van der Waals surface area contributed by atoms with Gasteiger partial charge in [-0.15, -0.1) is 0 Å². The van der Waals surface area contributed by atoms with Gasteiger partial charge in [-0.1, -0.05) is 27.7 Å². The number of anilines is 2. The van der Waals surface area contributed by atoms with E-state index in [2.05, 4.69) is 19.7 Å². The molecule has 1 aromatic carbocycles. The van der Waals surface area contributed by atoms with E-state index in [1.165, 1.54) is 21.6 Å². The molecule has 3 rings (SSSR count). The molecular formula is C19H28N9O3S+. The van der Waals surface area contributed by atoms with Gasteiger partial charge in [0.15, 0.2) is 0 Å².